The van der Waals surface area contributed by atoms with Gasteiger partial charge in [-0.15, -0.1) is 0 Å². The molecule has 60 valence electrons. The molecule has 0 bridgehead atoms. The van der Waals surface area contributed by atoms with Crippen molar-refractivity contribution in [1.29, 1.82) is 0 Å². The maximum absolute atomic E-state index is 11.2. The van der Waals surface area contributed by atoms with Crippen LogP contribution in [-0.2, 0) is 9.53 Å². The highest BCUT2D eigenvalue weighted by molar-refractivity contribution is 5.79. The Kier molecular flexibility index (Phi) is 1.66. The maximum Gasteiger partial charge on any atom is 0.227 e. The zero-order valence-electron chi connectivity index (χ0n) is 6.32. The van der Waals surface area contributed by atoms with Crippen molar-refractivity contribution < 1.29 is 9.53 Å². The van der Waals surface area contributed by atoms with Gasteiger partial charge in [0.2, 0.25) is 5.91 Å². The summed E-state index contributed by atoms with van der Waals surface area (Å²) in [6.07, 6.45) is 4.55. The van der Waals surface area contributed by atoms with Crippen LogP contribution in [0.1, 0.15) is 6.42 Å². The van der Waals surface area contributed by atoms with E-state index in [2.05, 4.69) is 6.08 Å². The van der Waals surface area contributed by atoms with Crippen LogP contribution < -0.4 is 0 Å². The average molecular weight is 153 g/mol. The number of fused-ring (bicyclic) bond motifs is 1. The second kappa shape index (κ2) is 2.66. The van der Waals surface area contributed by atoms with Crippen LogP contribution in [0.3, 0.4) is 0 Å². The van der Waals surface area contributed by atoms with Crippen molar-refractivity contribution >= 4 is 5.91 Å². The Hall–Kier alpha value is -0.830. The number of carbonyl (C=O) groups excluding carboxylic acids is 1. The molecular formula is C8H11NO2. The summed E-state index contributed by atoms with van der Waals surface area (Å²) in [4.78, 5) is 13.1. The first-order valence-corrected chi connectivity index (χ1v) is 3.92. The minimum Gasteiger partial charge on any atom is -0.377 e. The summed E-state index contributed by atoms with van der Waals surface area (Å²) in [5.74, 6) is 0.237. The van der Waals surface area contributed by atoms with Crippen molar-refractivity contribution in [3.05, 3.63) is 12.2 Å². The number of carbonyl (C=O) groups is 1. The quantitative estimate of drug-likeness (QED) is 0.464. The molecule has 2 aliphatic heterocycles. The van der Waals surface area contributed by atoms with E-state index in [1.165, 1.54) is 0 Å². The van der Waals surface area contributed by atoms with Crippen LogP contribution in [-0.4, -0.2) is 36.6 Å². The molecule has 1 amide bonds. The fourth-order valence-corrected chi connectivity index (χ4v) is 1.54. The Morgan fingerprint density at radius 2 is 2.55 bits per heavy atom. The number of rotatable bonds is 0. The van der Waals surface area contributed by atoms with Crippen molar-refractivity contribution in [2.45, 2.75) is 12.5 Å². The van der Waals surface area contributed by atoms with Gasteiger partial charge in [-0.25, -0.2) is 0 Å². The Balaban J connectivity index is 2.15. The summed E-state index contributed by atoms with van der Waals surface area (Å²) >= 11 is 0. The first-order chi connectivity index (χ1) is 5.38. The van der Waals surface area contributed by atoms with Gasteiger partial charge >= 0.3 is 0 Å². The smallest absolute Gasteiger partial charge is 0.227 e. The van der Waals surface area contributed by atoms with Gasteiger partial charge < -0.3 is 9.64 Å². The summed E-state index contributed by atoms with van der Waals surface area (Å²) in [7, 11) is 0. The molecule has 0 aliphatic carbocycles. The third-order valence-corrected chi connectivity index (χ3v) is 2.14. The van der Waals surface area contributed by atoms with E-state index in [1.54, 1.807) is 0 Å². The van der Waals surface area contributed by atoms with E-state index in [0.29, 0.717) is 19.6 Å². The highest BCUT2D eigenvalue weighted by Crippen LogP contribution is 2.14. The fraction of sp³-hybridized carbons (Fsp3) is 0.625. The summed E-state index contributed by atoms with van der Waals surface area (Å²) in [6, 6.07) is 0.213. The van der Waals surface area contributed by atoms with Crippen LogP contribution in [0.2, 0.25) is 0 Å². The zero-order chi connectivity index (χ0) is 7.68. The molecule has 2 heterocycles. The minimum absolute atomic E-state index is 0.213. The van der Waals surface area contributed by atoms with Crippen LogP contribution in [0.4, 0.5) is 0 Å². The molecule has 0 saturated carbocycles. The SMILES string of the molecule is O=C1CC=CC2COCCN12. The third-order valence-electron chi connectivity index (χ3n) is 2.14. The highest BCUT2D eigenvalue weighted by atomic mass is 16.5. The Morgan fingerprint density at radius 1 is 1.64 bits per heavy atom. The molecule has 2 rings (SSSR count). The molecule has 0 radical (unpaired) electrons. The monoisotopic (exact) mass is 153 g/mol. The van der Waals surface area contributed by atoms with Gasteiger partial charge in [0.05, 0.1) is 19.3 Å². The molecule has 0 aromatic carbocycles. The molecule has 0 spiro atoms. The predicted molar refractivity (Wildman–Crippen MR) is 40.1 cm³/mol. The molecule has 3 nitrogen and oxygen atoms in total. The normalized spacial score (nSPS) is 30.4. The fourth-order valence-electron chi connectivity index (χ4n) is 1.54. The van der Waals surface area contributed by atoms with Gasteiger partial charge in [0.15, 0.2) is 0 Å². The van der Waals surface area contributed by atoms with Gasteiger partial charge in [-0.1, -0.05) is 12.2 Å². The number of ether oxygens (including phenoxy) is 1. The third kappa shape index (κ3) is 1.16. The Labute approximate surface area is 65.6 Å². The summed E-state index contributed by atoms with van der Waals surface area (Å²) in [5, 5.41) is 0. The van der Waals surface area contributed by atoms with Crippen LogP contribution >= 0.6 is 0 Å². The molecule has 1 saturated heterocycles. The zero-order valence-corrected chi connectivity index (χ0v) is 6.32. The van der Waals surface area contributed by atoms with Gasteiger partial charge in [0.25, 0.3) is 0 Å². The summed E-state index contributed by atoms with van der Waals surface area (Å²) in [5.41, 5.74) is 0. The topological polar surface area (TPSA) is 29.5 Å². The molecule has 1 unspecified atom stereocenters. The second-order valence-electron chi connectivity index (χ2n) is 2.86. The van der Waals surface area contributed by atoms with Gasteiger partial charge in [-0.05, 0) is 0 Å². The van der Waals surface area contributed by atoms with Crippen molar-refractivity contribution in [2.24, 2.45) is 0 Å². The van der Waals surface area contributed by atoms with E-state index < -0.39 is 0 Å². The number of nitrogens with zero attached hydrogens (tertiary/aromatic N) is 1. The standard InChI is InChI=1S/C8H11NO2/c10-8-3-1-2-7-6-11-5-4-9(7)8/h1-2,7H,3-6H2. The Morgan fingerprint density at radius 3 is 3.36 bits per heavy atom. The maximum atomic E-state index is 11.2. The first-order valence-electron chi connectivity index (χ1n) is 3.92. The molecule has 1 fully saturated rings. The summed E-state index contributed by atoms with van der Waals surface area (Å²) < 4.78 is 5.24. The van der Waals surface area contributed by atoms with Gasteiger partial charge in [0, 0.05) is 13.0 Å². The lowest BCUT2D eigenvalue weighted by molar-refractivity contribution is -0.137. The van der Waals surface area contributed by atoms with E-state index in [1.807, 2.05) is 11.0 Å². The van der Waals surface area contributed by atoms with Crippen LogP contribution in [0.25, 0.3) is 0 Å². The van der Waals surface area contributed by atoms with Gasteiger partial charge in [-0.3, -0.25) is 4.79 Å². The van der Waals surface area contributed by atoms with E-state index in [9.17, 15) is 4.79 Å². The van der Waals surface area contributed by atoms with E-state index >= 15 is 0 Å². The molecule has 0 aromatic rings. The molecule has 11 heavy (non-hydrogen) atoms. The van der Waals surface area contributed by atoms with Gasteiger partial charge in [0.1, 0.15) is 0 Å². The molecule has 2 aliphatic rings. The van der Waals surface area contributed by atoms with Crippen molar-refractivity contribution in [3.63, 3.8) is 0 Å². The van der Waals surface area contributed by atoms with Crippen LogP contribution in [0.5, 0.6) is 0 Å². The van der Waals surface area contributed by atoms with Gasteiger partial charge in [-0.2, -0.15) is 0 Å². The lowest BCUT2D eigenvalue weighted by Crippen LogP contribution is -2.49. The highest BCUT2D eigenvalue weighted by Gasteiger charge is 2.26. The van der Waals surface area contributed by atoms with Crippen molar-refractivity contribution in [3.8, 4) is 0 Å². The van der Waals surface area contributed by atoms with E-state index in [4.69, 9.17) is 4.74 Å². The molecule has 1 atom stereocenters. The average Bonchev–Trinajstić information content (AvgIpc) is 2.06. The lowest BCUT2D eigenvalue weighted by atomic mass is 10.1. The summed E-state index contributed by atoms with van der Waals surface area (Å²) in [6.45, 7) is 2.12. The molecular weight excluding hydrogens is 142 g/mol. The van der Waals surface area contributed by atoms with Crippen molar-refractivity contribution in [1.82, 2.24) is 4.90 Å². The number of hydrogen-bond donors (Lipinski definition) is 0. The van der Waals surface area contributed by atoms with Crippen molar-refractivity contribution in [2.75, 3.05) is 19.8 Å². The first kappa shape index (κ1) is 6.85. The Bertz CT molecular complexity index is 200. The van der Waals surface area contributed by atoms with Crippen LogP contribution in [0, 0.1) is 0 Å². The predicted octanol–water partition coefficient (Wildman–Crippen LogP) is 0.174. The number of hydrogen-bond acceptors (Lipinski definition) is 2. The second-order valence-corrected chi connectivity index (χ2v) is 2.86. The minimum atomic E-state index is 0.213. The molecule has 0 aromatic heterocycles. The molecule has 3 heteroatoms. The number of morpholine rings is 1. The van der Waals surface area contributed by atoms with Crippen LogP contribution in [0.15, 0.2) is 12.2 Å². The van der Waals surface area contributed by atoms with E-state index in [-0.39, 0.29) is 11.9 Å². The van der Waals surface area contributed by atoms with E-state index in [0.717, 1.165) is 6.54 Å². The largest absolute Gasteiger partial charge is 0.377 e. The lowest BCUT2D eigenvalue weighted by Gasteiger charge is -2.35. The molecule has 0 N–H and O–H groups in total. The number of amides is 1.